The molecule has 2 aromatic rings. The van der Waals surface area contributed by atoms with E-state index in [1.807, 2.05) is 0 Å². The van der Waals surface area contributed by atoms with Crippen molar-refractivity contribution >= 4 is 17.8 Å². The Labute approximate surface area is 157 Å². The number of piperidine rings is 1. The maximum Gasteiger partial charge on any atom is 0.433 e. The van der Waals surface area contributed by atoms with Crippen molar-refractivity contribution in [3.05, 3.63) is 36.3 Å². The molecule has 28 heavy (non-hydrogen) atoms. The van der Waals surface area contributed by atoms with E-state index in [4.69, 9.17) is 0 Å². The molecule has 146 valence electrons. The van der Waals surface area contributed by atoms with Crippen LogP contribution < -0.4 is 15.5 Å². The van der Waals surface area contributed by atoms with E-state index in [1.165, 1.54) is 24.5 Å². The molecule has 4 heterocycles. The summed E-state index contributed by atoms with van der Waals surface area (Å²) in [7, 11) is 0. The number of carbonyl (C=O) groups is 2. The summed E-state index contributed by atoms with van der Waals surface area (Å²) in [5.74, 6) is -0.532. The summed E-state index contributed by atoms with van der Waals surface area (Å²) in [6.07, 6.45) is -0.884. The minimum atomic E-state index is -4.66. The van der Waals surface area contributed by atoms with Gasteiger partial charge in [-0.2, -0.15) is 13.2 Å². The summed E-state index contributed by atoms with van der Waals surface area (Å²) in [6, 6.07) is 3.28. The van der Waals surface area contributed by atoms with Gasteiger partial charge in [-0.1, -0.05) is 0 Å². The number of anilines is 1. The van der Waals surface area contributed by atoms with E-state index in [-0.39, 0.29) is 18.2 Å². The molecule has 8 nitrogen and oxygen atoms in total. The van der Waals surface area contributed by atoms with Crippen LogP contribution in [0.1, 0.15) is 18.5 Å². The fraction of sp³-hybridized carbons (Fsp3) is 0.353. The van der Waals surface area contributed by atoms with Gasteiger partial charge in [0.15, 0.2) is 11.5 Å². The molecule has 0 aliphatic carbocycles. The summed E-state index contributed by atoms with van der Waals surface area (Å²) in [5, 5.41) is 4.78. The van der Waals surface area contributed by atoms with E-state index in [1.54, 1.807) is 4.90 Å². The van der Waals surface area contributed by atoms with Crippen LogP contribution in [0.4, 0.5) is 23.8 Å². The molecule has 1 spiro atoms. The van der Waals surface area contributed by atoms with Gasteiger partial charge in [0, 0.05) is 30.6 Å². The van der Waals surface area contributed by atoms with Crippen LogP contribution in [0, 0.1) is 0 Å². The number of amides is 3. The fourth-order valence-corrected chi connectivity index (χ4v) is 3.44. The van der Waals surface area contributed by atoms with Gasteiger partial charge in [-0.05, 0) is 25.0 Å². The van der Waals surface area contributed by atoms with Crippen molar-refractivity contribution in [1.82, 2.24) is 25.6 Å². The normalized spacial score (nSPS) is 22.3. The zero-order valence-electron chi connectivity index (χ0n) is 14.5. The number of urea groups is 1. The largest absolute Gasteiger partial charge is 0.433 e. The van der Waals surface area contributed by atoms with Crippen molar-refractivity contribution in [2.24, 2.45) is 0 Å². The molecule has 0 radical (unpaired) electrons. The molecule has 11 heteroatoms. The fourth-order valence-electron chi connectivity index (χ4n) is 3.44. The van der Waals surface area contributed by atoms with Crippen LogP contribution in [0.3, 0.4) is 0 Å². The molecule has 4 rings (SSSR count). The van der Waals surface area contributed by atoms with Gasteiger partial charge in [0.05, 0.1) is 6.54 Å². The first-order chi connectivity index (χ1) is 13.3. The number of halogens is 3. The number of alkyl halides is 3. The molecule has 1 unspecified atom stereocenters. The first kappa shape index (κ1) is 18.1. The molecular weight excluding hydrogens is 377 g/mol. The predicted molar refractivity (Wildman–Crippen MR) is 91.1 cm³/mol. The Kier molecular flexibility index (Phi) is 4.16. The molecule has 2 aliphatic heterocycles. The number of imide groups is 1. The molecule has 2 aromatic heterocycles. The molecule has 0 saturated carbocycles. The Hall–Kier alpha value is -3.24. The summed E-state index contributed by atoms with van der Waals surface area (Å²) in [5.41, 5.74) is -1.86. The second-order valence-electron chi connectivity index (χ2n) is 6.68. The van der Waals surface area contributed by atoms with Crippen LogP contribution >= 0.6 is 0 Å². The molecule has 0 aromatic carbocycles. The molecule has 1 atom stereocenters. The highest BCUT2D eigenvalue weighted by molar-refractivity contribution is 6.07. The number of nitrogens with one attached hydrogen (secondary N) is 2. The average Bonchev–Trinajstić information content (AvgIpc) is 2.94. The van der Waals surface area contributed by atoms with E-state index in [0.29, 0.717) is 24.9 Å². The van der Waals surface area contributed by atoms with E-state index in [2.05, 4.69) is 25.6 Å². The van der Waals surface area contributed by atoms with Crippen LogP contribution in [0.15, 0.2) is 30.6 Å². The number of pyridine rings is 1. The SMILES string of the molecule is O=C1NC(=O)C2(CCCN(c3cc(C(F)(F)F)nc(-c4ccncc4)n3)C2)N1. The second-order valence-corrected chi connectivity index (χ2v) is 6.68. The predicted octanol–water partition coefficient (Wildman–Crippen LogP) is 1.74. The van der Waals surface area contributed by atoms with E-state index in [0.717, 1.165) is 6.07 Å². The van der Waals surface area contributed by atoms with Gasteiger partial charge in [-0.15, -0.1) is 0 Å². The first-order valence-electron chi connectivity index (χ1n) is 8.52. The quantitative estimate of drug-likeness (QED) is 0.756. The van der Waals surface area contributed by atoms with Crippen LogP contribution in [0.25, 0.3) is 11.4 Å². The highest BCUT2D eigenvalue weighted by Gasteiger charge is 2.49. The van der Waals surface area contributed by atoms with Crippen molar-refractivity contribution in [1.29, 1.82) is 0 Å². The minimum absolute atomic E-state index is 0.0225. The van der Waals surface area contributed by atoms with Crippen molar-refractivity contribution in [3.8, 4) is 11.4 Å². The van der Waals surface area contributed by atoms with Crippen LogP contribution in [-0.4, -0.2) is 45.5 Å². The van der Waals surface area contributed by atoms with Gasteiger partial charge in [0.1, 0.15) is 11.4 Å². The van der Waals surface area contributed by atoms with Crippen LogP contribution in [0.2, 0.25) is 0 Å². The molecular formula is C17H15F3N6O2. The summed E-state index contributed by atoms with van der Waals surface area (Å²) in [6.45, 7) is 0.420. The van der Waals surface area contributed by atoms with Crippen molar-refractivity contribution in [2.75, 3.05) is 18.0 Å². The zero-order valence-corrected chi connectivity index (χ0v) is 14.5. The molecule has 0 bridgehead atoms. The lowest BCUT2D eigenvalue weighted by atomic mass is 9.89. The van der Waals surface area contributed by atoms with Gasteiger partial charge in [0.2, 0.25) is 0 Å². The Morgan fingerprint density at radius 3 is 2.54 bits per heavy atom. The third-order valence-corrected chi connectivity index (χ3v) is 4.77. The Morgan fingerprint density at radius 2 is 1.89 bits per heavy atom. The maximum absolute atomic E-state index is 13.4. The Balaban J connectivity index is 1.74. The summed E-state index contributed by atoms with van der Waals surface area (Å²) in [4.78, 5) is 37.1. The number of hydrogen-bond donors (Lipinski definition) is 2. The van der Waals surface area contributed by atoms with Crippen LogP contribution in [-0.2, 0) is 11.0 Å². The molecule has 2 fully saturated rings. The average molecular weight is 392 g/mol. The van der Waals surface area contributed by atoms with Gasteiger partial charge < -0.3 is 10.2 Å². The number of rotatable bonds is 2. The number of aromatic nitrogens is 3. The topological polar surface area (TPSA) is 100 Å². The number of hydrogen-bond acceptors (Lipinski definition) is 6. The number of carbonyl (C=O) groups excluding carboxylic acids is 2. The lowest BCUT2D eigenvalue weighted by molar-refractivity contribution is -0.141. The first-order valence-corrected chi connectivity index (χ1v) is 8.52. The van der Waals surface area contributed by atoms with E-state index >= 15 is 0 Å². The van der Waals surface area contributed by atoms with Crippen molar-refractivity contribution in [3.63, 3.8) is 0 Å². The van der Waals surface area contributed by atoms with Crippen molar-refractivity contribution < 1.29 is 22.8 Å². The van der Waals surface area contributed by atoms with Crippen LogP contribution in [0.5, 0.6) is 0 Å². The monoisotopic (exact) mass is 392 g/mol. The third kappa shape index (κ3) is 3.23. The van der Waals surface area contributed by atoms with Gasteiger partial charge >= 0.3 is 12.2 Å². The number of nitrogens with zero attached hydrogens (tertiary/aromatic N) is 4. The molecule has 2 N–H and O–H groups in total. The van der Waals surface area contributed by atoms with Gasteiger partial charge in [0.25, 0.3) is 5.91 Å². The minimum Gasteiger partial charge on any atom is -0.354 e. The molecule has 2 saturated heterocycles. The Morgan fingerprint density at radius 1 is 1.14 bits per heavy atom. The van der Waals surface area contributed by atoms with Gasteiger partial charge in [-0.3, -0.25) is 15.1 Å². The van der Waals surface area contributed by atoms with E-state index < -0.39 is 29.3 Å². The van der Waals surface area contributed by atoms with E-state index in [9.17, 15) is 22.8 Å². The smallest absolute Gasteiger partial charge is 0.354 e. The Bertz CT molecular complexity index is 936. The third-order valence-electron chi connectivity index (χ3n) is 4.77. The summed E-state index contributed by atoms with van der Waals surface area (Å²) < 4.78 is 40.2. The lowest BCUT2D eigenvalue weighted by Gasteiger charge is -2.38. The van der Waals surface area contributed by atoms with Crippen molar-refractivity contribution in [2.45, 2.75) is 24.6 Å². The molecule has 3 amide bonds. The highest BCUT2D eigenvalue weighted by atomic mass is 19.4. The standard InChI is InChI=1S/C17H15F3N6O2/c18-17(19,20)11-8-12(23-13(22-11)10-2-5-21-6-3-10)26-7-1-4-16(9-26)14(27)24-15(28)25-16/h2-3,5-6,8H,1,4,7,9H2,(H2,24,25,27,28). The summed E-state index contributed by atoms with van der Waals surface area (Å²) >= 11 is 0. The zero-order chi connectivity index (χ0) is 19.9. The lowest BCUT2D eigenvalue weighted by Crippen LogP contribution is -2.58. The highest BCUT2D eigenvalue weighted by Crippen LogP contribution is 2.33. The van der Waals surface area contributed by atoms with Gasteiger partial charge in [-0.25, -0.2) is 14.8 Å². The second kappa shape index (κ2) is 6.43. The maximum atomic E-state index is 13.4. The molecule has 2 aliphatic rings.